The summed E-state index contributed by atoms with van der Waals surface area (Å²) in [6.45, 7) is 0. The molecule has 0 aliphatic carbocycles. The Morgan fingerprint density at radius 3 is 2.40 bits per heavy atom. The molecule has 0 unspecified atom stereocenters. The first-order valence-corrected chi connectivity index (χ1v) is 6.93. The molecular formula is C17H13ClN2. The van der Waals surface area contributed by atoms with Crippen LogP contribution in [-0.4, -0.2) is 11.8 Å². The van der Waals surface area contributed by atoms with Crippen molar-refractivity contribution >= 4 is 17.3 Å². The maximum Gasteiger partial charge on any atom is 0.144 e. The van der Waals surface area contributed by atoms with Gasteiger partial charge in [0.25, 0.3) is 0 Å². The largest absolute Gasteiger partial charge is 0.270 e. The summed E-state index contributed by atoms with van der Waals surface area (Å²) >= 11 is 5.92. The predicted molar refractivity (Wildman–Crippen MR) is 81.2 cm³/mol. The summed E-state index contributed by atoms with van der Waals surface area (Å²) in [6, 6.07) is 19.8. The summed E-state index contributed by atoms with van der Waals surface area (Å²) in [6.07, 6.45) is 0.796. The maximum atomic E-state index is 9.33. The van der Waals surface area contributed by atoms with Crippen molar-refractivity contribution in [3.8, 4) is 6.07 Å². The summed E-state index contributed by atoms with van der Waals surface area (Å²) < 4.78 is 0. The first-order chi connectivity index (χ1) is 9.78. The van der Waals surface area contributed by atoms with E-state index in [9.17, 15) is 5.26 Å². The van der Waals surface area contributed by atoms with Crippen molar-refractivity contribution in [1.29, 1.82) is 5.26 Å². The van der Waals surface area contributed by atoms with Crippen molar-refractivity contribution in [3.63, 3.8) is 0 Å². The average molecular weight is 281 g/mol. The number of nitriles is 1. The SMILES string of the molecule is N#C[C@@H]1N=C(c2ccccc2)C[C@H]1c1ccc(Cl)cc1. The summed E-state index contributed by atoms with van der Waals surface area (Å²) in [5.74, 6) is 0.118. The fourth-order valence-electron chi connectivity index (χ4n) is 2.58. The second-order valence-electron chi connectivity index (χ2n) is 4.88. The zero-order chi connectivity index (χ0) is 13.9. The Bertz CT molecular complexity index is 668. The van der Waals surface area contributed by atoms with Crippen LogP contribution in [-0.2, 0) is 0 Å². The van der Waals surface area contributed by atoms with E-state index in [1.54, 1.807) is 0 Å². The van der Waals surface area contributed by atoms with E-state index >= 15 is 0 Å². The van der Waals surface area contributed by atoms with Crippen LogP contribution >= 0.6 is 11.6 Å². The van der Waals surface area contributed by atoms with Crippen molar-refractivity contribution in [1.82, 2.24) is 0 Å². The quantitative estimate of drug-likeness (QED) is 0.812. The molecule has 2 nitrogen and oxygen atoms in total. The second-order valence-corrected chi connectivity index (χ2v) is 5.31. The Morgan fingerprint density at radius 2 is 1.75 bits per heavy atom. The molecule has 2 atom stereocenters. The van der Waals surface area contributed by atoms with Crippen LogP contribution in [0.1, 0.15) is 23.5 Å². The van der Waals surface area contributed by atoms with Gasteiger partial charge in [0.2, 0.25) is 0 Å². The molecule has 20 heavy (non-hydrogen) atoms. The highest BCUT2D eigenvalue weighted by molar-refractivity contribution is 6.30. The topological polar surface area (TPSA) is 36.1 Å². The molecule has 3 rings (SSSR count). The zero-order valence-corrected chi connectivity index (χ0v) is 11.6. The smallest absolute Gasteiger partial charge is 0.144 e. The lowest BCUT2D eigenvalue weighted by atomic mass is 9.89. The zero-order valence-electron chi connectivity index (χ0n) is 10.8. The van der Waals surface area contributed by atoms with Gasteiger partial charge in [-0.15, -0.1) is 0 Å². The van der Waals surface area contributed by atoms with E-state index in [0.717, 1.165) is 23.3 Å². The van der Waals surface area contributed by atoms with Crippen molar-refractivity contribution in [2.24, 2.45) is 4.99 Å². The number of nitrogens with zero attached hydrogens (tertiary/aromatic N) is 2. The molecule has 0 aromatic heterocycles. The van der Waals surface area contributed by atoms with Gasteiger partial charge in [-0.1, -0.05) is 54.1 Å². The highest BCUT2D eigenvalue weighted by atomic mass is 35.5. The van der Waals surface area contributed by atoms with E-state index in [2.05, 4.69) is 11.1 Å². The fraction of sp³-hybridized carbons (Fsp3) is 0.176. The van der Waals surface area contributed by atoms with Crippen molar-refractivity contribution in [3.05, 3.63) is 70.7 Å². The standard InChI is InChI=1S/C17H13ClN2/c18-14-8-6-12(7-9-14)15-10-16(20-17(15)11-19)13-4-2-1-3-5-13/h1-9,15,17H,10H2/t15-,17-/m0/s1. The molecular weight excluding hydrogens is 268 g/mol. The van der Waals surface area contributed by atoms with Gasteiger partial charge >= 0.3 is 0 Å². The molecule has 1 aliphatic rings. The lowest BCUT2D eigenvalue weighted by molar-refractivity contribution is 0.687. The Hall–Kier alpha value is -2.11. The van der Waals surface area contributed by atoms with Crippen LogP contribution in [0.2, 0.25) is 5.02 Å². The molecule has 0 saturated carbocycles. The summed E-state index contributed by atoms with van der Waals surface area (Å²) in [7, 11) is 0. The van der Waals surface area contributed by atoms with Crippen molar-refractivity contribution < 1.29 is 0 Å². The van der Waals surface area contributed by atoms with Crippen LogP contribution in [0.25, 0.3) is 0 Å². The first kappa shape index (κ1) is 12.9. The Labute approximate surface area is 123 Å². The van der Waals surface area contributed by atoms with E-state index in [-0.39, 0.29) is 12.0 Å². The number of rotatable bonds is 2. The van der Waals surface area contributed by atoms with Crippen LogP contribution in [0, 0.1) is 11.3 Å². The molecule has 3 heteroatoms. The van der Waals surface area contributed by atoms with Gasteiger partial charge in [-0.25, -0.2) is 0 Å². The van der Waals surface area contributed by atoms with E-state index in [0.29, 0.717) is 5.02 Å². The Balaban J connectivity index is 1.90. The molecule has 0 bridgehead atoms. The predicted octanol–water partition coefficient (Wildman–Crippen LogP) is 4.21. The molecule has 0 amide bonds. The van der Waals surface area contributed by atoms with Crippen LogP contribution in [0.3, 0.4) is 0 Å². The lowest BCUT2D eigenvalue weighted by Gasteiger charge is -2.12. The van der Waals surface area contributed by atoms with Gasteiger partial charge < -0.3 is 0 Å². The number of hydrogen-bond acceptors (Lipinski definition) is 2. The highest BCUT2D eigenvalue weighted by Crippen LogP contribution is 2.33. The average Bonchev–Trinajstić information content (AvgIpc) is 2.93. The molecule has 1 heterocycles. The highest BCUT2D eigenvalue weighted by Gasteiger charge is 2.30. The van der Waals surface area contributed by atoms with E-state index in [4.69, 9.17) is 11.6 Å². The summed E-state index contributed by atoms with van der Waals surface area (Å²) in [5, 5.41) is 10.0. The van der Waals surface area contributed by atoms with E-state index in [1.807, 2.05) is 54.6 Å². The van der Waals surface area contributed by atoms with Crippen molar-refractivity contribution in [2.45, 2.75) is 18.4 Å². The Kier molecular flexibility index (Phi) is 3.54. The normalized spacial score (nSPS) is 21.3. The molecule has 0 saturated heterocycles. The molecule has 98 valence electrons. The van der Waals surface area contributed by atoms with E-state index < -0.39 is 0 Å². The number of benzene rings is 2. The van der Waals surface area contributed by atoms with Gasteiger partial charge in [-0.2, -0.15) is 5.26 Å². The third kappa shape index (κ3) is 2.45. The minimum atomic E-state index is -0.314. The van der Waals surface area contributed by atoms with Gasteiger partial charge in [0.15, 0.2) is 0 Å². The molecule has 0 spiro atoms. The van der Waals surface area contributed by atoms with Crippen LogP contribution in [0.15, 0.2) is 59.6 Å². The van der Waals surface area contributed by atoms with Crippen LogP contribution < -0.4 is 0 Å². The number of aliphatic imine (C=N–C) groups is 1. The van der Waals surface area contributed by atoms with Gasteiger partial charge in [-0.3, -0.25) is 4.99 Å². The summed E-state index contributed by atoms with van der Waals surface area (Å²) in [5.41, 5.74) is 3.23. The molecule has 0 N–H and O–H groups in total. The van der Waals surface area contributed by atoms with Gasteiger partial charge in [0.1, 0.15) is 6.04 Å². The second kappa shape index (κ2) is 5.48. The molecule has 2 aromatic carbocycles. The minimum absolute atomic E-state index is 0.118. The van der Waals surface area contributed by atoms with Crippen LogP contribution in [0.5, 0.6) is 0 Å². The Morgan fingerprint density at radius 1 is 1.05 bits per heavy atom. The van der Waals surface area contributed by atoms with Crippen LogP contribution in [0.4, 0.5) is 0 Å². The maximum absolute atomic E-state index is 9.33. The van der Waals surface area contributed by atoms with Crippen molar-refractivity contribution in [2.75, 3.05) is 0 Å². The molecule has 1 aliphatic heterocycles. The monoisotopic (exact) mass is 280 g/mol. The number of hydrogen-bond donors (Lipinski definition) is 0. The number of halogens is 1. The molecule has 0 radical (unpaired) electrons. The molecule has 0 fully saturated rings. The third-order valence-corrected chi connectivity index (χ3v) is 3.88. The van der Waals surface area contributed by atoms with Gasteiger partial charge in [0, 0.05) is 16.7 Å². The summed E-state index contributed by atoms with van der Waals surface area (Å²) in [4.78, 5) is 4.58. The third-order valence-electron chi connectivity index (χ3n) is 3.63. The minimum Gasteiger partial charge on any atom is -0.270 e. The van der Waals surface area contributed by atoms with Gasteiger partial charge in [-0.05, 0) is 29.7 Å². The fourth-order valence-corrected chi connectivity index (χ4v) is 2.71. The molecule has 2 aromatic rings. The first-order valence-electron chi connectivity index (χ1n) is 6.55. The van der Waals surface area contributed by atoms with E-state index in [1.165, 1.54) is 0 Å². The van der Waals surface area contributed by atoms with Gasteiger partial charge in [0.05, 0.1) is 6.07 Å². The lowest BCUT2D eigenvalue weighted by Crippen LogP contribution is -2.09.